The number of anilines is 1. The van der Waals surface area contributed by atoms with Crippen molar-refractivity contribution in [2.45, 2.75) is 18.9 Å². The number of nitrogens with zero attached hydrogens (tertiary/aromatic N) is 1. The number of ether oxygens (including phenoxy) is 3. The van der Waals surface area contributed by atoms with E-state index in [4.69, 9.17) is 14.2 Å². The lowest BCUT2D eigenvalue weighted by Crippen LogP contribution is -3.11. The summed E-state index contributed by atoms with van der Waals surface area (Å²) in [5.74, 6) is 1.51. The van der Waals surface area contributed by atoms with Gasteiger partial charge in [-0.2, -0.15) is 0 Å². The Morgan fingerprint density at radius 1 is 1.13 bits per heavy atom. The topological polar surface area (TPSA) is 104 Å². The van der Waals surface area contributed by atoms with Crippen molar-refractivity contribution in [2.24, 2.45) is 0 Å². The molecule has 2 aromatic rings. The molecule has 1 heterocycles. The molecule has 0 aliphatic carbocycles. The van der Waals surface area contributed by atoms with Crippen LogP contribution in [0.3, 0.4) is 0 Å². The van der Waals surface area contributed by atoms with E-state index in [1.54, 1.807) is 20.3 Å². The molecule has 160 valence electrons. The number of carbonyl (C=O) groups excluding carboxylic acids is 1. The van der Waals surface area contributed by atoms with Crippen molar-refractivity contribution < 1.29 is 28.8 Å². The molecule has 2 aromatic carbocycles. The van der Waals surface area contributed by atoms with Gasteiger partial charge in [0.25, 0.3) is 11.6 Å². The minimum Gasteiger partial charge on any atom is -0.497 e. The molecule has 2 N–H and O–H groups in total. The van der Waals surface area contributed by atoms with Crippen LogP contribution in [0.25, 0.3) is 0 Å². The largest absolute Gasteiger partial charge is 0.497 e. The molecule has 1 unspecified atom stereocenters. The van der Waals surface area contributed by atoms with Gasteiger partial charge in [0.2, 0.25) is 0 Å². The molecule has 1 aliphatic rings. The Morgan fingerprint density at radius 2 is 1.83 bits per heavy atom. The van der Waals surface area contributed by atoms with Crippen LogP contribution in [0, 0.1) is 10.1 Å². The van der Waals surface area contributed by atoms with E-state index in [1.807, 2.05) is 18.2 Å². The van der Waals surface area contributed by atoms with Crippen molar-refractivity contribution in [1.82, 2.24) is 0 Å². The van der Waals surface area contributed by atoms with E-state index in [2.05, 4.69) is 5.32 Å². The van der Waals surface area contributed by atoms with E-state index in [0.717, 1.165) is 35.6 Å². The van der Waals surface area contributed by atoms with Crippen LogP contribution in [0.1, 0.15) is 24.4 Å². The molecular weight excluding hydrogens is 390 g/mol. The Balaban J connectivity index is 1.75. The summed E-state index contributed by atoms with van der Waals surface area (Å²) in [6.45, 7) is 1.03. The molecule has 2 atom stereocenters. The van der Waals surface area contributed by atoms with E-state index in [1.165, 1.54) is 19.2 Å². The molecule has 0 spiro atoms. The maximum absolute atomic E-state index is 12.7. The zero-order valence-electron chi connectivity index (χ0n) is 17.3. The van der Waals surface area contributed by atoms with Crippen LogP contribution in [-0.4, -0.2) is 45.2 Å². The van der Waals surface area contributed by atoms with Gasteiger partial charge in [0.05, 0.1) is 44.4 Å². The summed E-state index contributed by atoms with van der Waals surface area (Å²) < 4.78 is 15.8. The second-order valence-corrected chi connectivity index (χ2v) is 7.08. The summed E-state index contributed by atoms with van der Waals surface area (Å²) >= 11 is 0. The number of hydrogen-bond acceptors (Lipinski definition) is 6. The second-order valence-electron chi connectivity index (χ2n) is 7.08. The van der Waals surface area contributed by atoms with Crippen LogP contribution >= 0.6 is 0 Å². The van der Waals surface area contributed by atoms with E-state index >= 15 is 0 Å². The minimum absolute atomic E-state index is 0.0995. The van der Waals surface area contributed by atoms with Crippen LogP contribution < -0.4 is 24.4 Å². The predicted octanol–water partition coefficient (Wildman–Crippen LogP) is 1.98. The highest BCUT2D eigenvalue weighted by molar-refractivity contribution is 5.93. The highest BCUT2D eigenvalue weighted by Crippen LogP contribution is 2.32. The van der Waals surface area contributed by atoms with Gasteiger partial charge in [-0.05, 0) is 24.3 Å². The molecule has 0 saturated carbocycles. The van der Waals surface area contributed by atoms with Crippen LogP contribution in [0.15, 0.2) is 36.4 Å². The fourth-order valence-electron chi connectivity index (χ4n) is 3.90. The average Bonchev–Trinajstić information content (AvgIpc) is 3.20. The fraction of sp³-hybridized carbons (Fsp3) is 0.381. The fourth-order valence-corrected chi connectivity index (χ4v) is 3.90. The number of nitro groups is 1. The smallest absolute Gasteiger partial charge is 0.296 e. The lowest BCUT2D eigenvalue weighted by molar-refractivity contribution is -0.910. The number of nitro benzene ring substituents is 1. The third-order valence-corrected chi connectivity index (χ3v) is 5.36. The van der Waals surface area contributed by atoms with Crippen LogP contribution in [0.4, 0.5) is 11.4 Å². The molecule has 1 fully saturated rings. The summed E-state index contributed by atoms with van der Waals surface area (Å²) in [6, 6.07) is 10.2. The SMILES string of the molecule is COc1ccc([C@H]2CCC[NH+]2CC(=O)Nc2ccc(OC)cc2[N+](=O)[O-])c(OC)c1. The van der Waals surface area contributed by atoms with Crippen molar-refractivity contribution in [1.29, 1.82) is 0 Å². The van der Waals surface area contributed by atoms with Gasteiger partial charge in [0, 0.05) is 18.9 Å². The second kappa shape index (κ2) is 9.45. The first-order chi connectivity index (χ1) is 14.5. The van der Waals surface area contributed by atoms with E-state index in [0.29, 0.717) is 11.5 Å². The Hall–Kier alpha value is -3.33. The first-order valence-corrected chi connectivity index (χ1v) is 9.65. The Labute approximate surface area is 174 Å². The van der Waals surface area contributed by atoms with Gasteiger partial charge in [-0.3, -0.25) is 14.9 Å². The van der Waals surface area contributed by atoms with E-state index in [9.17, 15) is 14.9 Å². The molecule has 1 saturated heterocycles. The highest BCUT2D eigenvalue weighted by Gasteiger charge is 2.34. The Bertz CT molecular complexity index is 933. The molecular formula is C21H26N3O6+. The highest BCUT2D eigenvalue weighted by atomic mass is 16.6. The number of likely N-dealkylation sites (tertiary alicyclic amines) is 1. The van der Waals surface area contributed by atoms with E-state index < -0.39 is 4.92 Å². The molecule has 9 nitrogen and oxygen atoms in total. The normalized spacial score (nSPS) is 18.0. The number of benzene rings is 2. The summed E-state index contributed by atoms with van der Waals surface area (Å²) in [5.41, 5.74) is 0.976. The van der Waals surface area contributed by atoms with Gasteiger partial charge in [-0.25, -0.2) is 0 Å². The molecule has 9 heteroatoms. The number of methoxy groups -OCH3 is 3. The number of hydrogen-bond donors (Lipinski definition) is 2. The van der Waals surface area contributed by atoms with Crippen molar-refractivity contribution in [3.63, 3.8) is 0 Å². The van der Waals surface area contributed by atoms with Gasteiger partial charge in [0.1, 0.15) is 29.0 Å². The molecule has 1 amide bonds. The molecule has 0 aromatic heterocycles. The Morgan fingerprint density at radius 3 is 2.50 bits per heavy atom. The maximum Gasteiger partial charge on any atom is 0.296 e. The molecule has 0 bridgehead atoms. The van der Waals surface area contributed by atoms with E-state index in [-0.39, 0.29) is 29.9 Å². The van der Waals surface area contributed by atoms with Crippen molar-refractivity contribution in [3.8, 4) is 17.2 Å². The van der Waals surface area contributed by atoms with Gasteiger partial charge >= 0.3 is 0 Å². The summed E-state index contributed by atoms with van der Waals surface area (Å²) in [7, 11) is 4.65. The number of nitrogens with one attached hydrogen (secondary N) is 2. The number of rotatable bonds is 8. The molecule has 0 radical (unpaired) electrons. The zero-order chi connectivity index (χ0) is 21.7. The summed E-state index contributed by atoms with van der Waals surface area (Å²) in [6.07, 6.45) is 1.90. The first-order valence-electron chi connectivity index (χ1n) is 9.65. The van der Waals surface area contributed by atoms with Crippen LogP contribution in [0.2, 0.25) is 0 Å². The number of quaternary nitrogens is 1. The predicted molar refractivity (Wildman–Crippen MR) is 110 cm³/mol. The van der Waals surface area contributed by atoms with Gasteiger partial charge in [0.15, 0.2) is 6.54 Å². The van der Waals surface area contributed by atoms with Crippen molar-refractivity contribution >= 4 is 17.3 Å². The quantitative estimate of drug-likeness (QED) is 0.504. The summed E-state index contributed by atoms with van der Waals surface area (Å²) in [4.78, 5) is 24.6. The minimum atomic E-state index is -0.536. The van der Waals surface area contributed by atoms with Crippen LogP contribution in [-0.2, 0) is 4.79 Å². The third-order valence-electron chi connectivity index (χ3n) is 5.36. The monoisotopic (exact) mass is 416 g/mol. The van der Waals surface area contributed by atoms with Gasteiger partial charge in [-0.15, -0.1) is 0 Å². The molecule has 1 aliphatic heterocycles. The average molecular weight is 416 g/mol. The molecule has 3 rings (SSSR count). The first kappa shape index (κ1) is 21.4. The number of carbonyl (C=O) groups is 1. The van der Waals surface area contributed by atoms with Crippen LogP contribution in [0.5, 0.6) is 17.2 Å². The lowest BCUT2D eigenvalue weighted by Gasteiger charge is -2.23. The van der Waals surface area contributed by atoms with Gasteiger partial charge < -0.3 is 24.4 Å². The zero-order valence-corrected chi connectivity index (χ0v) is 17.3. The summed E-state index contributed by atoms with van der Waals surface area (Å²) in [5, 5.41) is 14.0. The van der Waals surface area contributed by atoms with Crippen molar-refractivity contribution in [3.05, 3.63) is 52.1 Å². The van der Waals surface area contributed by atoms with Crippen molar-refractivity contribution in [2.75, 3.05) is 39.7 Å². The standard InChI is InChI=1S/C21H25N3O6/c1-28-14-7-9-17(19(11-14)24(26)27)22-21(25)13-23-10-4-5-18(23)16-8-6-15(29-2)12-20(16)30-3/h6-9,11-12,18H,4-5,10,13H2,1-3H3,(H,22,25)/p+1/t18-/m1/s1. The molecule has 30 heavy (non-hydrogen) atoms. The van der Waals surface area contributed by atoms with Gasteiger partial charge in [-0.1, -0.05) is 0 Å². The third kappa shape index (κ3) is 4.62. The number of amides is 1. The maximum atomic E-state index is 12.7. The Kier molecular flexibility index (Phi) is 6.73. The lowest BCUT2D eigenvalue weighted by atomic mass is 10.0.